The van der Waals surface area contributed by atoms with Gasteiger partial charge in [0.2, 0.25) is 0 Å². The van der Waals surface area contributed by atoms with Gasteiger partial charge in [-0.3, -0.25) is 0 Å². The molecule has 5 heteroatoms. The van der Waals surface area contributed by atoms with E-state index in [1.54, 1.807) is 11.3 Å². The molecule has 0 spiro atoms. The van der Waals surface area contributed by atoms with E-state index in [2.05, 4.69) is 11.9 Å². The summed E-state index contributed by atoms with van der Waals surface area (Å²) in [6.07, 6.45) is 0. The molecule has 0 atom stereocenters. The van der Waals surface area contributed by atoms with Gasteiger partial charge in [0, 0.05) is 11.4 Å². The van der Waals surface area contributed by atoms with E-state index in [9.17, 15) is 0 Å². The van der Waals surface area contributed by atoms with Gasteiger partial charge < -0.3 is 15.2 Å². The van der Waals surface area contributed by atoms with E-state index >= 15 is 0 Å². The summed E-state index contributed by atoms with van der Waals surface area (Å²) in [4.78, 5) is 5.70. The summed E-state index contributed by atoms with van der Waals surface area (Å²) in [6.45, 7) is 7.58. The monoisotopic (exact) mass is 292 g/mol. The SMILES string of the molecule is CCOc1cc(CN)ccc1OCc1nc(C)c(C)s1. The molecule has 1 aromatic heterocycles. The molecule has 2 aromatic rings. The smallest absolute Gasteiger partial charge is 0.161 e. The normalized spacial score (nSPS) is 10.6. The molecule has 0 saturated carbocycles. The average Bonchev–Trinajstić information content (AvgIpc) is 2.76. The predicted octanol–water partition coefficient (Wildman–Crippen LogP) is 3.20. The molecule has 0 aliphatic heterocycles. The fourth-order valence-corrected chi connectivity index (χ4v) is 2.65. The molecular weight excluding hydrogens is 272 g/mol. The zero-order valence-corrected chi connectivity index (χ0v) is 12.9. The number of nitrogens with zero attached hydrogens (tertiary/aromatic N) is 1. The first kappa shape index (κ1) is 14.8. The molecule has 4 nitrogen and oxygen atoms in total. The van der Waals surface area contributed by atoms with Crippen LogP contribution in [-0.2, 0) is 13.2 Å². The van der Waals surface area contributed by atoms with Gasteiger partial charge in [0.05, 0.1) is 12.3 Å². The lowest BCUT2D eigenvalue weighted by Crippen LogP contribution is -2.02. The van der Waals surface area contributed by atoms with Crippen molar-refractivity contribution in [2.45, 2.75) is 33.9 Å². The van der Waals surface area contributed by atoms with Gasteiger partial charge in [-0.25, -0.2) is 4.98 Å². The van der Waals surface area contributed by atoms with E-state index in [0.29, 0.717) is 19.8 Å². The number of ether oxygens (including phenoxy) is 2. The summed E-state index contributed by atoms with van der Waals surface area (Å²) < 4.78 is 11.4. The van der Waals surface area contributed by atoms with Gasteiger partial charge in [-0.15, -0.1) is 11.3 Å². The molecule has 2 rings (SSSR count). The van der Waals surface area contributed by atoms with Gasteiger partial charge in [-0.2, -0.15) is 0 Å². The highest BCUT2D eigenvalue weighted by molar-refractivity contribution is 7.11. The van der Waals surface area contributed by atoms with Crippen LogP contribution in [0.4, 0.5) is 0 Å². The molecule has 1 aromatic carbocycles. The number of hydrogen-bond acceptors (Lipinski definition) is 5. The van der Waals surface area contributed by atoms with E-state index in [1.165, 1.54) is 4.88 Å². The molecule has 108 valence electrons. The average molecular weight is 292 g/mol. The molecule has 0 saturated heterocycles. The third-order valence-electron chi connectivity index (χ3n) is 2.97. The minimum absolute atomic E-state index is 0.460. The molecule has 1 heterocycles. The molecule has 0 radical (unpaired) electrons. The maximum absolute atomic E-state index is 5.83. The summed E-state index contributed by atoms with van der Waals surface area (Å²) in [5, 5.41) is 0.977. The third-order valence-corrected chi connectivity index (χ3v) is 4.01. The zero-order valence-electron chi connectivity index (χ0n) is 12.1. The topological polar surface area (TPSA) is 57.4 Å². The summed E-state index contributed by atoms with van der Waals surface area (Å²) in [7, 11) is 0. The highest BCUT2D eigenvalue weighted by Gasteiger charge is 2.09. The minimum atomic E-state index is 0.460. The molecular formula is C15H20N2O2S. The Morgan fingerprint density at radius 2 is 2.00 bits per heavy atom. The van der Waals surface area contributed by atoms with Crippen LogP contribution in [0.5, 0.6) is 11.5 Å². The summed E-state index contributed by atoms with van der Waals surface area (Å²) in [5.41, 5.74) is 7.74. The van der Waals surface area contributed by atoms with Crippen molar-refractivity contribution in [3.05, 3.63) is 39.3 Å². The van der Waals surface area contributed by atoms with Crippen LogP contribution in [0.1, 0.15) is 28.1 Å². The van der Waals surface area contributed by atoms with Crippen LogP contribution in [0.15, 0.2) is 18.2 Å². The van der Waals surface area contributed by atoms with E-state index in [4.69, 9.17) is 15.2 Å². The van der Waals surface area contributed by atoms with Crippen molar-refractivity contribution in [1.29, 1.82) is 0 Å². The Bertz CT molecular complexity index is 562. The first-order valence-electron chi connectivity index (χ1n) is 6.65. The second-order valence-corrected chi connectivity index (χ2v) is 5.74. The quantitative estimate of drug-likeness (QED) is 0.888. The molecule has 20 heavy (non-hydrogen) atoms. The maximum atomic E-state index is 5.83. The van der Waals surface area contributed by atoms with Gasteiger partial charge in [-0.05, 0) is 38.5 Å². The Morgan fingerprint density at radius 3 is 2.60 bits per heavy atom. The summed E-state index contributed by atoms with van der Waals surface area (Å²) in [5.74, 6) is 1.47. The Balaban J connectivity index is 2.11. The number of aryl methyl sites for hydroxylation is 2. The largest absolute Gasteiger partial charge is 0.490 e. The first-order chi connectivity index (χ1) is 9.63. The van der Waals surface area contributed by atoms with E-state index in [1.807, 2.05) is 32.0 Å². The summed E-state index contributed by atoms with van der Waals surface area (Å²) in [6, 6.07) is 5.79. The van der Waals surface area contributed by atoms with Crippen molar-refractivity contribution >= 4 is 11.3 Å². The predicted molar refractivity (Wildman–Crippen MR) is 81.4 cm³/mol. The van der Waals surface area contributed by atoms with Gasteiger partial charge in [0.1, 0.15) is 11.6 Å². The number of rotatable bonds is 6. The Labute approximate surface area is 123 Å². The van der Waals surface area contributed by atoms with Crippen LogP contribution in [0, 0.1) is 13.8 Å². The lowest BCUT2D eigenvalue weighted by molar-refractivity contribution is 0.268. The van der Waals surface area contributed by atoms with E-state index < -0.39 is 0 Å². The van der Waals surface area contributed by atoms with E-state index in [0.717, 1.165) is 27.8 Å². The third kappa shape index (κ3) is 3.49. The number of thiazole rings is 1. The Kier molecular flexibility index (Phi) is 4.98. The number of nitrogens with two attached hydrogens (primary N) is 1. The molecule has 0 aliphatic rings. The van der Waals surface area contributed by atoms with Crippen LogP contribution in [-0.4, -0.2) is 11.6 Å². The van der Waals surface area contributed by atoms with Crippen molar-refractivity contribution in [1.82, 2.24) is 4.98 Å². The van der Waals surface area contributed by atoms with Gasteiger partial charge >= 0.3 is 0 Å². The number of hydrogen-bond donors (Lipinski definition) is 1. The van der Waals surface area contributed by atoms with Crippen molar-refractivity contribution < 1.29 is 9.47 Å². The van der Waals surface area contributed by atoms with Crippen LogP contribution in [0.3, 0.4) is 0 Å². The molecule has 0 unspecified atom stereocenters. The molecule has 0 amide bonds. The Morgan fingerprint density at radius 1 is 1.20 bits per heavy atom. The van der Waals surface area contributed by atoms with E-state index in [-0.39, 0.29) is 0 Å². The van der Waals surface area contributed by atoms with Crippen molar-refractivity contribution in [3.63, 3.8) is 0 Å². The van der Waals surface area contributed by atoms with Crippen molar-refractivity contribution in [2.24, 2.45) is 5.73 Å². The number of aromatic nitrogens is 1. The highest BCUT2D eigenvalue weighted by Crippen LogP contribution is 2.29. The second-order valence-electron chi connectivity index (χ2n) is 4.46. The lowest BCUT2D eigenvalue weighted by Gasteiger charge is -2.12. The van der Waals surface area contributed by atoms with Crippen LogP contribution in [0.2, 0.25) is 0 Å². The van der Waals surface area contributed by atoms with Crippen LogP contribution >= 0.6 is 11.3 Å². The lowest BCUT2D eigenvalue weighted by atomic mass is 10.2. The van der Waals surface area contributed by atoms with Crippen LogP contribution in [0.25, 0.3) is 0 Å². The molecule has 2 N–H and O–H groups in total. The molecule has 0 fully saturated rings. The minimum Gasteiger partial charge on any atom is -0.490 e. The first-order valence-corrected chi connectivity index (χ1v) is 7.47. The fourth-order valence-electron chi connectivity index (χ4n) is 1.81. The van der Waals surface area contributed by atoms with Gasteiger partial charge in [-0.1, -0.05) is 6.07 Å². The highest BCUT2D eigenvalue weighted by atomic mass is 32.1. The van der Waals surface area contributed by atoms with Crippen LogP contribution < -0.4 is 15.2 Å². The van der Waals surface area contributed by atoms with Gasteiger partial charge in [0.25, 0.3) is 0 Å². The standard InChI is InChI=1S/C15H20N2O2S/c1-4-18-14-7-12(8-16)5-6-13(14)19-9-15-17-10(2)11(3)20-15/h5-7H,4,8-9,16H2,1-3H3. The molecule has 0 aliphatic carbocycles. The fraction of sp³-hybridized carbons (Fsp3) is 0.400. The second kappa shape index (κ2) is 6.72. The van der Waals surface area contributed by atoms with Crippen molar-refractivity contribution in [3.8, 4) is 11.5 Å². The zero-order chi connectivity index (χ0) is 14.5. The van der Waals surface area contributed by atoms with Gasteiger partial charge in [0.15, 0.2) is 11.5 Å². The molecule has 0 bridgehead atoms. The Hall–Kier alpha value is -1.59. The number of benzene rings is 1. The summed E-state index contributed by atoms with van der Waals surface area (Å²) >= 11 is 1.66. The maximum Gasteiger partial charge on any atom is 0.161 e. The van der Waals surface area contributed by atoms with Crippen molar-refractivity contribution in [2.75, 3.05) is 6.61 Å².